The Morgan fingerprint density at radius 2 is 2.05 bits per heavy atom. The van der Waals surface area contributed by atoms with Crippen molar-refractivity contribution >= 4 is 11.6 Å². The van der Waals surface area contributed by atoms with E-state index < -0.39 is 0 Å². The predicted molar refractivity (Wildman–Crippen MR) is 84.1 cm³/mol. The highest BCUT2D eigenvalue weighted by molar-refractivity contribution is 5.97. The van der Waals surface area contributed by atoms with Gasteiger partial charge >= 0.3 is 0 Å². The second kappa shape index (κ2) is 8.53. The van der Waals surface area contributed by atoms with E-state index in [0.29, 0.717) is 18.1 Å². The molecule has 4 N–H and O–H groups in total. The molecule has 0 radical (unpaired) electrons. The number of likely N-dealkylation sites (N-methyl/N-ethyl adjacent to an activating group) is 1. The molecule has 0 saturated carbocycles. The van der Waals surface area contributed by atoms with E-state index in [1.165, 1.54) is 0 Å². The molecule has 0 spiro atoms. The van der Waals surface area contributed by atoms with Crippen LogP contribution in [0, 0.1) is 0 Å². The Morgan fingerprint density at radius 3 is 2.57 bits per heavy atom. The molecular formula is C14H26N6O. The van der Waals surface area contributed by atoms with Gasteiger partial charge in [0.1, 0.15) is 5.82 Å². The van der Waals surface area contributed by atoms with E-state index in [9.17, 15) is 4.79 Å². The largest absolute Gasteiger partial charge is 0.349 e. The lowest BCUT2D eigenvalue weighted by molar-refractivity contribution is 0.0944. The van der Waals surface area contributed by atoms with Crippen molar-refractivity contribution in [3.05, 3.63) is 17.7 Å². The fourth-order valence-corrected chi connectivity index (χ4v) is 1.90. The van der Waals surface area contributed by atoms with Crippen molar-refractivity contribution in [1.82, 2.24) is 20.2 Å². The standard InChI is InChI=1S/C14H26N6O/c1-5-20(6-2)8-7-16-14(21)12-11(19-15)9-17-13(18-12)10(3)4/h9-10,19H,5-8,15H2,1-4H3,(H,16,21). The van der Waals surface area contributed by atoms with Crippen LogP contribution in [0.1, 0.15) is 49.9 Å². The molecule has 0 aliphatic rings. The first-order chi connectivity index (χ1) is 10.0. The minimum Gasteiger partial charge on any atom is -0.349 e. The number of nitrogens with one attached hydrogen (secondary N) is 2. The van der Waals surface area contributed by atoms with Gasteiger partial charge in [-0.3, -0.25) is 10.6 Å². The zero-order chi connectivity index (χ0) is 15.8. The maximum Gasteiger partial charge on any atom is 0.272 e. The highest BCUT2D eigenvalue weighted by Crippen LogP contribution is 2.15. The van der Waals surface area contributed by atoms with Crippen molar-refractivity contribution in [2.75, 3.05) is 31.6 Å². The zero-order valence-electron chi connectivity index (χ0n) is 13.3. The van der Waals surface area contributed by atoms with E-state index in [0.717, 1.165) is 19.6 Å². The highest BCUT2D eigenvalue weighted by Gasteiger charge is 2.16. The summed E-state index contributed by atoms with van der Waals surface area (Å²) in [6, 6.07) is 0. The lowest BCUT2D eigenvalue weighted by atomic mass is 10.2. The Bertz CT molecular complexity index is 459. The molecule has 1 aromatic heterocycles. The number of amides is 1. The van der Waals surface area contributed by atoms with Crippen LogP contribution in [0.25, 0.3) is 0 Å². The smallest absolute Gasteiger partial charge is 0.272 e. The van der Waals surface area contributed by atoms with Gasteiger partial charge in [0, 0.05) is 19.0 Å². The van der Waals surface area contributed by atoms with Crippen LogP contribution in [0.3, 0.4) is 0 Å². The zero-order valence-corrected chi connectivity index (χ0v) is 13.3. The summed E-state index contributed by atoms with van der Waals surface area (Å²) in [5, 5.41) is 2.87. The van der Waals surface area contributed by atoms with Gasteiger partial charge in [-0.15, -0.1) is 0 Å². The number of carbonyl (C=O) groups excluding carboxylic acids is 1. The molecule has 1 heterocycles. The summed E-state index contributed by atoms with van der Waals surface area (Å²) in [6.45, 7) is 11.5. The second-order valence-electron chi connectivity index (χ2n) is 5.07. The van der Waals surface area contributed by atoms with E-state index in [2.05, 4.69) is 39.5 Å². The maximum atomic E-state index is 12.2. The molecule has 0 fully saturated rings. The molecule has 0 bridgehead atoms. The van der Waals surface area contributed by atoms with E-state index >= 15 is 0 Å². The fourth-order valence-electron chi connectivity index (χ4n) is 1.90. The third kappa shape index (κ3) is 4.95. The molecule has 0 atom stereocenters. The van der Waals surface area contributed by atoms with Gasteiger partial charge in [0.2, 0.25) is 0 Å². The SMILES string of the molecule is CCN(CC)CCNC(=O)c1nc(C(C)C)ncc1NN. The van der Waals surface area contributed by atoms with Crippen LogP contribution in [0.4, 0.5) is 5.69 Å². The Morgan fingerprint density at radius 1 is 1.38 bits per heavy atom. The Hall–Kier alpha value is -1.73. The van der Waals surface area contributed by atoms with Crippen LogP contribution in [0.2, 0.25) is 0 Å². The predicted octanol–water partition coefficient (Wildman–Crippen LogP) is 0.957. The first-order valence-electron chi connectivity index (χ1n) is 7.37. The average Bonchev–Trinajstić information content (AvgIpc) is 2.50. The van der Waals surface area contributed by atoms with E-state index in [4.69, 9.17) is 5.84 Å². The molecule has 7 heteroatoms. The summed E-state index contributed by atoms with van der Waals surface area (Å²) in [5.74, 6) is 5.96. The van der Waals surface area contributed by atoms with Crippen LogP contribution in [-0.2, 0) is 0 Å². The van der Waals surface area contributed by atoms with E-state index in [-0.39, 0.29) is 17.5 Å². The number of carbonyl (C=O) groups is 1. The van der Waals surface area contributed by atoms with Gasteiger partial charge in [-0.2, -0.15) is 0 Å². The van der Waals surface area contributed by atoms with Crippen LogP contribution in [0.5, 0.6) is 0 Å². The van der Waals surface area contributed by atoms with Crippen LogP contribution in [-0.4, -0.2) is 47.0 Å². The molecule has 21 heavy (non-hydrogen) atoms. The number of hydrogen-bond donors (Lipinski definition) is 3. The second-order valence-corrected chi connectivity index (χ2v) is 5.07. The lowest BCUT2D eigenvalue weighted by Gasteiger charge is -2.18. The van der Waals surface area contributed by atoms with Crippen LogP contribution in [0.15, 0.2) is 6.20 Å². The molecular weight excluding hydrogens is 268 g/mol. The summed E-state index contributed by atoms with van der Waals surface area (Å²) >= 11 is 0. The molecule has 0 unspecified atom stereocenters. The molecule has 1 amide bonds. The monoisotopic (exact) mass is 294 g/mol. The number of hydrogen-bond acceptors (Lipinski definition) is 6. The van der Waals surface area contributed by atoms with Crippen LogP contribution < -0.4 is 16.6 Å². The molecule has 0 aromatic carbocycles. The molecule has 118 valence electrons. The number of nitrogens with zero attached hydrogens (tertiary/aromatic N) is 3. The summed E-state index contributed by atoms with van der Waals surface area (Å²) in [6.07, 6.45) is 1.54. The fraction of sp³-hybridized carbons (Fsp3) is 0.643. The van der Waals surface area contributed by atoms with Gasteiger partial charge in [0.25, 0.3) is 5.91 Å². The van der Waals surface area contributed by atoms with Crippen molar-refractivity contribution in [2.45, 2.75) is 33.6 Å². The number of anilines is 1. The average molecular weight is 294 g/mol. The van der Waals surface area contributed by atoms with Crippen LogP contribution >= 0.6 is 0 Å². The quantitative estimate of drug-likeness (QED) is 0.488. The van der Waals surface area contributed by atoms with Crippen molar-refractivity contribution in [2.24, 2.45) is 5.84 Å². The third-order valence-corrected chi connectivity index (χ3v) is 3.30. The first kappa shape index (κ1) is 17.3. The van der Waals surface area contributed by atoms with Gasteiger partial charge < -0.3 is 15.6 Å². The lowest BCUT2D eigenvalue weighted by Crippen LogP contribution is -2.35. The molecule has 1 rings (SSSR count). The number of aromatic nitrogens is 2. The summed E-state index contributed by atoms with van der Waals surface area (Å²) in [5.41, 5.74) is 3.19. The third-order valence-electron chi connectivity index (χ3n) is 3.30. The number of nitrogens with two attached hydrogens (primary N) is 1. The number of nitrogen functional groups attached to an aromatic ring is 1. The van der Waals surface area contributed by atoms with Gasteiger partial charge in [0.05, 0.1) is 11.9 Å². The first-order valence-corrected chi connectivity index (χ1v) is 7.37. The summed E-state index contributed by atoms with van der Waals surface area (Å²) in [4.78, 5) is 23.0. The normalized spacial score (nSPS) is 11.0. The molecule has 7 nitrogen and oxygen atoms in total. The minimum atomic E-state index is -0.237. The molecule has 0 aliphatic carbocycles. The van der Waals surface area contributed by atoms with E-state index in [1.807, 2.05) is 13.8 Å². The molecule has 1 aromatic rings. The minimum absolute atomic E-state index is 0.152. The van der Waals surface area contributed by atoms with Crippen molar-refractivity contribution < 1.29 is 4.79 Å². The van der Waals surface area contributed by atoms with Gasteiger partial charge in [-0.05, 0) is 13.1 Å². The van der Waals surface area contributed by atoms with Gasteiger partial charge in [-0.25, -0.2) is 9.97 Å². The highest BCUT2D eigenvalue weighted by atomic mass is 16.1. The van der Waals surface area contributed by atoms with Crippen molar-refractivity contribution in [1.29, 1.82) is 0 Å². The van der Waals surface area contributed by atoms with Crippen molar-refractivity contribution in [3.8, 4) is 0 Å². The number of rotatable bonds is 8. The summed E-state index contributed by atoms with van der Waals surface area (Å²) < 4.78 is 0. The van der Waals surface area contributed by atoms with Gasteiger partial charge in [0.15, 0.2) is 5.69 Å². The Labute approximate surface area is 126 Å². The van der Waals surface area contributed by atoms with Gasteiger partial charge in [-0.1, -0.05) is 27.7 Å². The topological polar surface area (TPSA) is 96.2 Å². The van der Waals surface area contributed by atoms with Crippen molar-refractivity contribution in [3.63, 3.8) is 0 Å². The maximum absolute atomic E-state index is 12.2. The molecule has 0 saturated heterocycles. The van der Waals surface area contributed by atoms with E-state index in [1.54, 1.807) is 6.20 Å². The summed E-state index contributed by atoms with van der Waals surface area (Å²) in [7, 11) is 0. The molecule has 0 aliphatic heterocycles. The Kier molecular flexibility index (Phi) is 7.04. The Balaban J connectivity index is 2.74. The number of hydrazine groups is 1.